The summed E-state index contributed by atoms with van der Waals surface area (Å²) < 4.78 is 5.18. The average molecular weight is 225 g/mol. The smallest absolute Gasteiger partial charge is 0.411 e. The highest BCUT2D eigenvalue weighted by atomic mass is 16.6. The molecular formula is C11H15NO4. The summed E-state index contributed by atoms with van der Waals surface area (Å²) in [6.45, 7) is 5.27. The zero-order chi connectivity index (χ0) is 12.1. The minimum atomic E-state index is -0.606. The highest BCUT2D eigenvalue weighted by molar-refractivity contribution is 6.44. The second-order valence-electron chi connectivity index (χ2n) is 5.23. The number of rotatable bonds is 0. The van der Waals surface area contributed by atoms with Crippen molar-refractivity contribution in [2.75, 3.05) is 0 Å². The number of amides is 1. The van der Waals surface area contributed by atoms with Crippen molar-refractivity contribution in [2.45, 2.75) is 51.3 Å². The first-order chi connectivity index (χ1) is 7.31. The Morgan fingerprint density at radius 1 is 1.19 bits per heavy atom. The SMILES string of the molecule is CC(C)(C)OC(=O)N1C2CC[C@H]1C(=O)C2=O. The second-order valence-corrected chi connectivity index (χ2v) is 5.23. The van der Waals surface area contributed by atoms with Crippen molar-refractivity contribution in [3.8, 4) is 0 Å². The minimum absolute atomic E-state index is 0.442. The van der Waals surface area contributed by atoms with Gasteiger partial charge in [0.15, 0.2) is 0 Å². The molecule has 1 unspecified atom stereocenters. The van der Waals surface area contributed by atoms with Crippen LogP contribution in [0.5, 0.6) is 0 Å². The van der Waals surface area contributed by atoms with E-state index in [0.717, 1.165) is 0 Å². The molecule has 0 aromatic heterocycles. The lowest BCUT2D eigenvalue weighted by atomic mass is 9.98. The van der Waals surface area contributed by atoms with Crippen molar-refractivity contribution in [1.82, 2.24) is 4.90 Å². The maximum absolute atomic E-state index is 11.8. The van der Waals surface area contributed by atoms with Crippen LogP contribution in [0.1, 0.15) is 33.6 Å². The highest BCUT2D eigenvalue weighted by Gasteiger charge is 2.55. The van der Waals surface area contributed by atoms with Crippen molar-refractivity contribution in [3.63, 3.8) is 0 Å². The van der Waals surface area contributed by atoms with Crippen molar-refractivity contribution < 1.29 is 19.1 Å². The van der Waals surface area contributed by atoms with E-state index in [1.165, 1.54) is 4.90 Å². The molecule has 0 saturated carbocycles. The summed E-state index contributed by atoms with van der Waals surface area (Å²) in [5.41, 5.74) is -0.606. The molecule has 2 saturated heterocycles. The number of ketones is 2. The van der Waals surface area contributed by atoms with Crippen LogP contribution in [0.2, 0.25) is 0 Å². The number of hydrogen-bond acceptors (Lipinski definition) is 4. The molecule has 2 fully saturated rings. The Morgan fingerprint density at radius 2 is 1.62 bits per heavy atom. The quantitative estimate of drug-likeness (QED) is 0.575. The first kappa shape index (κ1) is 11.1. The highest BCUT2D eigenvalue weighted by Crippen LogP contribution is 2.34. The summed E-state index contributed by atoms with van der Waals surface area (Å²) in [5.74, 6) is -0.885. The van der Waals surface area contributed by atoms with Gasteiger partial charge in [-0.2, -0.15) is 0 Å². The van der Waals surface area contributed by atoms with Crippen LogP contribution in [0.3, 0.4) is 0 Å². The molecule has 2 rings (SSSR count). The van der Waals surface area contributed by atoms with Crippen LogP contribution in [0.25, 0.3) is 0 Å². The van der Waals surface area contributed by atoms with Crippen LogP contribution in [0.4, 0.5) is 4.79 Å². The summed E-state index contributed by atoms with van der Waals surface area (Å²) in [6, 6.07) is -1.15. The predicted octanol–water partition coefficient (Wildman–Crippen LogP) is 0.906. The van der Waals surface area contributed by atoms with E-state index in [9.17, 15) is 14.4 Å². The third-order valence-corrected chi connectivity index (χ3v) is 2.84. The maximum atomic E-state index is 11.8. The third kappa shape index (κ3) is 1.60. The van der Waals surface area contributed by atoms with Crippen molar-refractivity contribution >= 4 is 17.7 Å². The van der Waals surface area contributed by atoms with E-state index < -0.39 is 35.3 Å². The maximum Gasteiger partial charge on any atom is 0.411 e. The molecule has 16 heavy (non-hydrogen) atoms. The number of ether oxygens (including phenoxy) is 1. The zero-order valence-electron chi connectivity index (χ0n) is 9.65. The molecule has 0 aromatic carbocycles. The van der Waals surface area contributed by atoms with Crippen molar-refractivity contribution in [3.05, 3.63) is 0 Å². The van der Waals surface area contributed by atoms with Crippen LogP contribution in [0.15, 0.2) is 0 Å². The monoisotopic (exact) mass is 225 g/mol. The molecule has 2 aliphatic rings. The van der Waals surface area contributed by atoms with Gasteiger partial charge in [-0.15, -0.1) is 0 Å². The standard InChI is InChI=1S/C11H15NO4/c1-11(2,3)16-10(15)12-6-4-5-7(12)9(14)8(6)13/h6-7H,4-5H2,1-3H3/t6-,7?/m0/s1. The van der Waals surface area contributed by atoms with E-state index in [0.29, 0.717) is 12.8 Å². The van der Waals surface area contributed by atoms with Gasteiger partial charge < -0.3 is 4.74 Å². The molecule has 2 bridgehead atoms. The molecule has 2 heterocycles. The topological polar surface area (TPSA) is 63.7 Å². The van der Waals surface area contributed by atoms with Gasteiger partial charge in [-0.3, -0.25) is 14.5 Å². The molecule has 2 atom stereocenters. The molecular weight excluding hydrogens is 210 g/mol. The normalized spacial score (nSPS) is 28.8. The molecule has 2 aliphatic heterocycles. The Bertz CT molecular complexity index is 347. The number of carbonyl (C=O) groups is 3. The largest absolute Gasteiger partial charge is 0.444 e. The number of nitrogens with zero attached hydrogens (tertiary/aromatic N) is 1. The lowest BCUT2D eigenvalue weighted by Crippen LogP contribution is -2.41. The van der Waals surface area contributed by atoms with Crippen molar-refractivity contribution in [1.29, 1.82) is 0 Å². The summed E-state index contributed by atoms with van der Waals surface area (Å²) in [6.07, 6.45) is 0.599. The van der Waals surface area contributed by atoms with Crippen LogP contribution in [0, 0.1) is 0 Å². The predicted molar refractivity (Wildman–Crippen MR) is 54.9 cm³/mol. The van der Waals surface area contributed by atoms with Gasteiger partial charge in [-0.1, -0.05) is 0 Å². The van der Waals surface area contributed by atoms with E-state index >= 15 is 0 Å². The Kier molecular flexibility index (Phi) is 2.29. The first-order valence-electron chi connectivity index (χ1n) is 5.40. The average Bonchev–Trinajstić information content (AvgIpc) is 2.63. The lowest BCUT2D eigenvalue weighted by molar-refractivity contribution is -0.136. The Morgan fingerprint density at radius 3 is 2.00 bits per heavy atom. The lowest BCUT2D eigenvalue weighted by Gasteiger charge is -2.26. The Labute approximate surface area is 93.7 Å². The molecule has 0 spiro atoms. The second kappa shape index (κ2) is 3.30. The number of Topliss-reactive ketones (excluding diaryl/α,β-unsaturated/α-hetero) is 2. The van der Waals surface area contributed by atoms with Gasteiger partial charge in [0, 0.05) is 0 Å². The molecule has 5 nitrogen and oxygen atoms in total. The first-order valence-corrected chi connectivity index (χ1v) is 5.40. The van der Waals surface area contributed by atoms with E-state index in [4.69, 9.17) is 4.74 Å². The fourth-order valence-electron chi connectivity index (χ4n) is 2.22. The minimum Gasteiger partial charge on any atom is -0.444 e. The van der Waals surface area contributed by atoms with Gasteiger partial charge >= 0.3 is 6.09 Å². The molecule has 1 amide bonds. The molecule has 0 radical (unpaired) electrons. The van der Waals surface area contributed by atoms with E-state index in [1.807, 2.05) is 0 Å². The van der Waals surface area contributed by atoms with Gasteiger partial charge in [0.25, 0.3) is 0 Å². The molecule has 0 aromatic rings. The molecule has 5 heteroatoms. The van der Waals surface area contributed by atoms with E-state index in [-0.39, 0.29) is 0 Å². The zero-order valence-corrected chi connectivity index (χ0v) is 9.65. The van der Waals surface area contributed by atoms with Crippen molar-refractivity contribution in [2.24, 2.45) is 0 Å². The van der Waals surface area contributed by atoms with Gasteiger partial charge in [0.2, 0.25) is 11.6 Å². The van der Waals surface area contributed by atoms with Gasteiger partial charge in [-0.05, 0) is 33.6 Å². The van der Waals surface area contributed by atoms with Gasteiger partial charge in [0.1, 0.15) is 17.7 Å². The van der Waals surface area contributed by atoms with Crippen LogP contribution in [-0.2, 0) is 14.3 Å². The third-order valence-electron chi connectivity index (χ3n) is 2.84. The molecule has 88 valence electrons. The molecule has 0 aliphatic carbocycles. The van der Waals surface area contributed by atoms with Gasteiger partial charge in [0.05, 0.1) is 0 Å². The summed E-state index contributed by atoms with van der Waals surface area (Å²) >= 11 is 0. The summed E-state index contributed by atoms with van der Waals surface area (Å²) in [4.78, 5) is 36.0. The van der Waals surface area contributed by atoms with Crippen LogP contribution >= 0.6 is 0 Å². The Balaban J connectivity index is 2.15. The fourth-order valence-corrected chi connectivity index (χ4v) is 2.22. The fraction of sp³-hybridized carbons (Fsp3) is 0.727. The number of carbonyl (C=O) groups excluding carboxylic acids is 3. The number of fused-ring (bicyclic) bond motifs is 2. The van der Waals surface area contributed by atoms with E-state index in [1.54, 1.807) is 20.8 Å². The van der Waals surface area contributed by atoms with Gasteiger partial charge in [-0.25, -0.2) is 4.79 Å². The van der Waals surface area contributed by atoms with Crippen LogP contribution in [-0.4, -0.2) is 40.2 Å². The summed E-state index contributed by atoms with van der Waals surface area (Å²) in [7, 11) is 0. The summed E-state index contributed by atoms with van der Waals surface area (Å²) in [5, 5.41) is 0. The van der Waals surface area contributed by atoms with E-state index in [2.05, 4.69) is 0 Å². The van der Waals surface area contributed by atoms with Crippen LogP contribution < -0.4 is 0 Å². The number of hydrogen-bond donors (Lipinski definition) is 0. The Hall–Kier alpha value is -1.39. The molecule has 0 N–H and O–H groups in total.